The van der Waals surface area contributed by atoms with E-state index in [-0.39, 0.29) is 15.5 Å². The molecule has 0 aliphatic carbocycles. The van der Waals surface area contributed by atoms with Gasteiger partial charge in [0.2, 0.25) is 5.91 Å². The van der Waals surface area contributed by atoms with Crippen molar-refractivity contribution in [2.24, 2.45) is 0 Å². The summed E-state index contributed by atoms with van der Waals surface area (Å²) in [6, 6.07) is 21.7. The minimum absolute atomic E-state index is 0.0301. The lowest BCUT2D eigenvalue weighted by atomic mass is 10.2. The zero-order valence-corrected chi connectivity index (χ0v) is 25.8. The Kier molecular flexibility index (Phi) is 9.15. The number of nitrogens with one attached hydrogen (secondary N) is 2. The lowest BCUT2D eigenvalue weighted by Crippen LogP contribution is -2.38. The summed E-state index contributed by atoms with van der Waals surface area (Å²) in [6.45, 7) is 4.84. The van der Waals surface area contributed by atoms with Gasteiger partial charge in [-0.2, -0.15) is 0 Å². The summed E-state index contributed by atoms with van der Waals surface area (Å²) in [4.78, 5) is 13.1. The van der Waals surface area contributed by atoms with Crippen molar-refractivity contribution in [3.8, 4) is 5.75 Å². The van der Waals surface area contributed by atoms with Crippen molar-refractivity contribution in [2.45, 2.75) is 30.6 Å². The second-order valence-electron chi connectivity index (χ2n) is 9.64. The predicted molar refractivity (Wildman–Crippen MR) is 166 cm³/mol. The first-order valence-corrected chi connectivity index (χ1v) is 16.0. The topological polar surface area (TPSA) is 122 Å². The fourth-order valence-corrected chi connectivity index (χ4v) is 6.96. The second kappa shape index (κ2) is 12.4. The Morgan fingerprint density at radius 3 is 2.05 bits per heavy atom. The Morgan fingerprint density at radius 1 is 0.810 bits per heavy atom. The van der Waals surface area contributed by atoms with E-state index in [0.29, 0.717) is 27.7 Å². The fourth-order valence-electron chi connectivity index (χ4n) is 4.19. The van der Waals surface area contributed by atoms with Crippen LogP contribution in [-0.2, 0) is 24.8 Å². The van der Waals surface area contributed by atoms with Gasteiger partial charge >= 0.3 is 0 Å². The molecule has 0 saturated carbocycles. The lowest BCUT2D eigenvalue weighted by Gasteiger charge is -2.26. The molecule has 0 unspecified atom stereocenters. The monoisotopic (exact) mass is 627 g/mol. The molecule has 1 amide bonds. The van der Waals surface area contributed by atoms with Crippen molar-refractivity contribution in [3.05, 3.63) is 107 Å². The standard InChI is InChI=1S/C30H30ClN3O6S2/c1-20-5-11-26(12-6-20)42(38,39)34(28-15-8-23(31)18-22(28)3)19-30(35)32-24-9-13-25(14-10-24)41(36,37)33-27-17-21(2)7-16-29(27)40-4/h5-18,33H,19H2,1-4H3,(H,32,35). The third-order valence-corrected chi connectivity index (χ3v) is 9.76. The molecule has 4 rings (SSSR count). The number of rotatable bonds is 10. The summed E-state index contributed by atoms with van der Waals surface area (Å²) in [7, 11) is -6.65. The van der Waals surface area contributed by atoms with E-state index in [1.54, 1.807) is 55.5 Å². The first-order chi connectivity index (χ1) is 19.8. The summed E-state index contributed by atoms with van der Waals surface area (Å²) >= 11 is 6.09. The third-order valence-electron chi connectivity index (χ3n) is 6.37. The van der Waals surface area contributed by atoms with Gasteiger partial charge in [-0.1, -0.05) is 35.4 Å². The molecule has 0 spiro atoms. The summed E-state index contributed by atoms with van der Waals surface area (Å²) < 4.78 is 62.1. The van der Waals surface area contributed by atoms with Crippen LogP contribution in [0.25, 0.3) is 0 Å². The molecule has 4 aromatic rings. The van der Waals surface area contributed by atoms with Gasteiger partial charge in [0, 0.05) is 10.7 Å². The predicted octanol–water partition coefficient (Wildman–Crippen LogP) is 5.91. The number of ether oxygens (including phenoxy) is 1. The number of benzene rings is 4. The molecule has 4 aromatic carbocycles. The molecule has 9 nitrogen and oxygen atoms in total. The molecular weight excluding hydrogens is 598 g/mol. The van der Waals surface area contributed by atoms with E-state index in [2.05, 4.69) is 10.0 Å². The molecule has 0 fully saturated rings. The van der Waals surface area contributed by atoms with Crippen LogP contribution in [-0.4, -0.2) is 36.4 Å². The van der Waals surface area contributed by atoms with Gasteiger partial charge in [0.1, 0.15) is 12.3 Å². The molecule has 0 saturated heterocycles. The van der Waals surface area contributed by atoms with Crippen LogP contribution >= 0.6 is 11.6 Å². The number of aryl methyl sites for hydroxylation is 3. The highest BCUT2D eigenvalue weighted by Crippen LogP contribution is 2.30. The maximum absolute atomic E-state index is 13.7. The van der Waals surface area contributed by atoms with E-state index >= 15 is 0 Å². The van der Waals surface area contributed by atoms with Gasteiger partial charge in [0.25, 0.3) is 20.0 Å². The zero-order valence-electron chi connectivity index (χ0n) is 23.4. The molecule has 0 radical (unpaired) electrons. The number of halogens is 1. The van der Waals surface area contributed by atoms with Crippen LogP contribution in [0, 0.1) is 20.8 Å². The number of carbonyl (C=O) groups excluding carboxylic acids is 1. The average molecular weight is 628 g/mol. The summed E-state index contributed by atoms with van der Waals surface area (Å²) in [6.07, 6.45) is 0. The van der Waals surface area contributed by atoms with Crippen molar-refractivity contribution >= 4 is 54.6 Å². The Bertz CT molecular complexity index is 1830. The largest absolute Gasteiger partial charge is 0.495 e. The summed E-state index contributed by atoms with van der Waals surface area (Å²) in [5, 5.41) is 3.08. The molecule has 2 N–H and O–H groups in total. The first-order valence-electron chi connectivity index (χ1n) is 12.7. The Morgan fingerprint density at radius 2 is 1.43 bits per heavy atom. The molecule has 42 heavy (non-hydrogen) atoms. The number of anilines is 3. The highest BCUT2D eigenvalue weighted by molar-refractivity contribution is 7.93. The van der Waals surface area contributed by atoms with Gasteiger partial charge in [-0.15, -0.1) is 0 Å². The van der Waals surface area contributed by atoms with E-state index in [1.807, 2.05) is 13.8 Å². The Hall–Kier alpha value is -4.06. The van der Waals surface area contributed by atoms with Crippen LogP contribution in [0.5, 0.6) is 5.75 Å². The number of hydrogen-bond acceptors (Lipinski definition) is 6. The normalized spacial score (nSPS) is 11.5. The minimum atomic E-state index is -4.13. The summed E-state index contributed by atoms with van der Waals surface area (Å²) in [5.41, 5.74) is 3.18. The third kappa shape index (κ3) is 7.04. The SMILES string of the molecule is COc1ccc(C)cc1NS(=O)(=O)c1ccc(NC(=O)CN(c2ccc(Cl)cc2C)S(=O)(=O)c2ccc(C)cc2)cc1. The molecule has 12 heteroatoms. The van der Waals surface area contributed by atoms with E-state index in [1.165, 1.54) is 43.5 Å². The number of nitrogens with zero attached hydrogens (tertiary/aromatic N) is 1. The van der Waals surface area contributed by atoms with Gasteiger partial charge in [-0.25, -0.2) is 16.8 Å². The molecule has 0 aromatic heterocycles. The molecule has 0 aliphatic rings. The van der Waals surface area contributed by atoms with Gasteiger partial charge in [-0.3, -0.25) is 13.8 Å². The Labute approximate surface area is 251 Å². The summed E-state index contributed by atoms with van der Waals surface area (Å²) in [5.74, 6) is -0.257. The Balaban J connectivity index is 1.56. The van der Waals surface area contributed by atoms with Crippen LogP contribution in [0.4, 0.5) is 17.1 Å². The molecule has 220 valence electrons. The quantitative estimate of drug-likeness (QED) is 0.225. The molecule has 0 aliphatic heterocycles. The highest BCUT2D eigenvalue weighted by atomic mass is 35.5. The number of hydrogen-bond donors (Lipinski definition) is 2. The van der Waals surface area contributed by atoms with Crippen molar-refractivity contribution in [1.82, 2.24) is 0 Å². The number of methoxy groups -OCH3 is 1. The van der Waals surface area contributed by atoms with Crippen LogP contribution in [0.15, 0.2) is 94.7 Å². The number of amides is 1. The maximum Gasteiger partial charge on any atom is 0.264 e. The number of sulfonamides is 2. The van der Waals surface area contributed by atoms with Gasteiger partial charge in [-0.05, 0) is 98.6 Å². The van der Waals surface area contributed by atoms with Crippen molar-refractivity contribution in [3.63, 3.8) is 0 Å². The molecule has 0 atom stereocenters. The van der Waals surface area contributed by atoms with Crippen molar-refractivity contribution in [1.29, 1.82) is 0 Å². The van der Waals surface area contributed by atoms with Gasteiger partial charge < -0.3 is 10.1 Å². The highest BCUT2D eigenvalue weighted by Gasteiger charge is 2.28. The smallest absolute Gasteiger partial charge is 0.264 e. The van der Waals surface area contributed by atoms with E-state index < -0.39 is 32.5 Å². The average Bonchev–Trinajstić information content (AvgIpc) is 2.92. The van der Waals surface area contributed by atoms with Crippen molar-refractivity contribution in [2.75, 3.05) is 28.0 Å². The molecular formula is C30H30ClN3O6S2. The van der Waals surface area contributed by atoms with Crippen molar-refractivity contribution < 1.29 is 26.4 Å². The fraction of sp³-hybridized carbons (Fsp3) is 0.167. The van der Waals surface area contributed by atoms with E-state index in [4.69, 9.17) is 16.3 Å². The van der Waals surface area contributed by atoms with E-state index in [0.717, 1.165) is 15.4 Å². The van der Waals surface area contributed by atoms with Crippen LogP contribution < -0.4 is 19.1 Å². The van der Waals surface area contributed by atoms with Crippen LogP contribution in [0.1, 0.15) is 16.7 Å². The van der Waals surface area contributed by atoms with Crippen LogP contribution in [0.2, 0.25) is 5.02 Å². The first kappa shape index (κ1) is 30.9. The second-order valence-corrected chi connectivity index (χ2v) is 13.6. The van der Waals surface area contributed by atoms with E-state index in [9.17, 15) is 21.6 Å². The van der Waals surface area contributed by atoms with Gasteiger partial charge in [0.05, 0.1) is 28.3 Å². The zero-order chi connectivity index (χ0) is 30.7. The minimum Gasteiger partial charge on any atom is -0.495 e. The molecule has 0 heterocycles. The number of carbonyl (C=O) groups is 1. The maximum atomic E-state index is 13.7. The lowest BCUT2D eigenvalue weighted by molar-refractivity contribution is -0.114. The van der Waals surface area contributed by atoms with Crippen LogP contribution in [0.3, 0.4) is 0 Å². The van der Waals surface area contributed by atoms with Gasteiger partial charge in [0.15, 0.2) is 0 Å². The molecule has 0 bridgehead atoms.